The number of nitrogens with zero attached hydrogens (tertiary/aromatic N) is 1. The number of carbonyl (C=O) groups excluding carboxylic acids is 2. The minimum Gasteiger partial charge on any atom is -0.453 e. The zero-order valence-electron chi connectivity index (χ0n) is 30.6. The quantitative estimate of drug-likeness (QED) is 0.113. The van der Waals surface area contributed by atoms with Crippen LogP contribution in [-0.4, -0.2) is 40.6 Å². The summed E-state index contributed by atoms with van der Waals surface area (Å²) in [6, 6.07) is 45.3. The molecule has 0 bridgehead atoms. The second kappa shape index (κ2) is 18.1. The van der Waals surface area contributed by atoms with Crippen LogP contribution in [0.1, 0.15) is 66.5 Å². The van der Waals surface area contributed by atoms with E-state index < -0.39 is 18.4 Å². The summed E-state index contributed by atoms with van der Waals surface area (Å²) in [6.45, 7) is 7.61. The summed E-state index contributed by atoms with van der Waals surface area (Å²) in [5.41, 5.74) is 8.27. The first-order valence-corrected chi connectivity index (χ1v) is 18.2. The van der Waals surface area contributed by atoms with Crippen LogP contribution in [0, 0.1) is 5.92 Å². The highest BCUT2D eigenvalue weighted by atomic mass is 16.7. The minimum atomic E-state index is -0.856. The highest BCUT2D eigenvalue weighted by molar-refractivity contribution is 5.82. The number of nitrogens with one attached hydrogen (secondary N) is 1. The van der Waals surface area contributed by atoms with Crippen molar-refractivity contribution in [2.75, 3.05) is 6.54 Å². The Balaban J connectivity index is 1.22. The summed E-state index contributed by atoms with van der Waals surface area (Å²) in [7, 11) is 0. The number of amides is 1. The van der Waals surface area contributed by atoms with Crippen molar-refractivity contribution in [3.8, 4) is 11.1 Å². The maximum absolute atomic E-state index is 12.4. The predicted octanol–water partition coefficient (Wildman–Crippen LogP) is 7.91. The first-order valence-electron chi connectivity index (χ1n) is 18.2. The van der Waals surface area contributed by atoms with Gasteiger partial charge in [-0.3, -0.25) is 14.5 Å². The largest absolute Gasteiger partial charge is 0.453 e. The zero-order chi connectivity index (χ0) is 37.2. The molecule has 53 heavy (non-hydrogen) atoms. The van der Waals surface area contributed by atoms with Gasteiger partial charge in [-0.1, -0.05) is 134 Å². The molecule has 1 aliphatic rings. The Bertz CT molecular complexity index is 1880. The number of aliphatic hydroxyl groups excluding tert-OH is 1. The first kappa shape index (κ1) is 37.6. The Morgan fingerprint density at radius 3 is 1.94 bits per heavy atom. The molecule has 274 valence electrons. The van der Waals surface area contributed by atoms with Gasteiger partial charge in [-0.15, -0.1) is 0 Å². The Morgan fingerprint density at radius 1 is 0.736 bits per heavy atom. The van der Waals surface area contributed by atoms with E-state index in [0.29, 0.717) is 13.1 Å². The summed E-state index contributed by atoms with van der Waals surface area (Å²) >= 11 is 0. The van der Waals surface area contributed by atoms with Crippen molar-refractivity contribution in [3.05, 3.63) is 167 Å². The molecular weight excluding hydrogens is 665 g/mol. The Kier molecular flexibility index (Phi) is 12.8. The van der Waals surface area contributed by atoms with E-state index in [2.05, 4.69) is 89.9 Å². The Hall–Kier alpha value is -5.12. The van der Waals surface area contributed by atoms with E-state index in [1.807, 2.05) is 60.7 Å². The Morgan fingerprint density at radius 2 is 1.34 bits per heavy atom. The van der Waals surface area contributed by atoms with Crippen molar-refractivity contribution in [3.63, 3.8) is 0 Å². The van der Waals surface area contributed by atoms with Crippen LogP contribution in [0.5, 0.6) is 0 Å². The van der Waals surface area contributed by atoms with Crippen molar-refractivity contribution < 1.29 is 28.9 Å². The second-order valence-electron chi connectivity index (χ2n) is 13.8. The fourth-order valence-electron chi connectivity index (χ4n) is 6.78. The van der Waals surface area contributed by atoms with E-state index in [-0.39, 0.29) is 30.6 Å². The number of hydrogen-bond donors (Lipinski definition) is 2. The molecule has 1 amide bonds. The van der Waals surface area contributed by atoms with Crippen molar-refractivity contribution in [2.45, 2.75) is 71.6 Å². The van der Waals surface area contributed by atoms with Crippen molar-refractivity contribution in [2.24, 2.45) is 5.92 Å². The molecule has 1 fully saturated rings. The van der Waals surface area contributed by atoms with Gasteiger partial charge in [0.05, 0.1) is 18.8 Å². The predicted molar refractivity (Wildman–Crippen MR) is 205 cm³/mol. The number of carbonyl (C=O) groups is 2. The van der Waals surface area contributed by atoms with Gasteiger partial charge >= 0.3 is 5.97 Å². The lowest BCUT2D eigenvalue weighted by Crippen LogP contribution is -2.44. The molecule has 2 N–H and O–H groups in total. The third-order valence-electron chi connectivity index (χ3n) is 9.68. The lowest BCUT2D eigenvalue weighted by atomic mass is 9.89. The van der Waals surface area contributed by atoms with Crippen molar-refractivity contribution in [1.29, 1.82) is 0 Å². The highest BCUT2D eigenvalue weighted by Gasteiger charge is 2.39. The molecule has 6 rings (SSSR count). The summed E-state index contributed by atoms with van der Waals surface area (Å²) in [5.74, 6) is -0.798. The molecule has 8 heteroatoms. The third-order valence-corrected chi connectivity index (χ3v) is 9.68. The van der Waals surface area contributed by atoms with Gasteiger partial charge in [0.1, 0.15) is 0 Å². The van der Waals surface area contributed by atoms with Gasteiger partial charge in [0.25, 0.3) is 5.91 Å². The average molecular weight is 713 g/mol. The highest BCUT2D eigenvalue weighted by Crippen LogP contribution is 2.42. The number of ether oxygens (including phenoxy) is 3. The topological polar surface area (TPSA) is 97.3 Å². The van der Waals surface area contributed by atoms with E-state index in [9.17, 15) is 14.7 Å². The molecule has 0 saturated carbocycles. The van der Waals surface area contributed by atoms with E-state index in [1.54, 1.807) is 6.92 Å². The maximum atomic E-state index is 12.4. The monoisotopic (exact) mass is 712 g/mol. The van der Waals surface area contributed by atoms with E-state index in [4.69, 9.17) is 14.2 Å². The van der Waals surface area contributed by atoms with Gasteiger partial charge in [-0.25, -0.2) is 0 Å². The number of esters is 1. The number of rotatable bonds is 14. The van der Waals surface area contributed by atoms with Crippen LogP contribution >= 0.6 is 0 Å². The normalized spacial score (nSPS) is 19.0. The molecule has 5 atom stereocenters. The zero-order valence-corrected chi connectivity index (χ0v) is 30.6. The van der Waals surface area contributed by atoms with Crippen molar-refractivity contribution in [1.82, 2.24) is 10.2 Å². The minimum absolute atomic E-state index is 0.0111. The summed E-state index contributed by atoms with van der Waals surface area (Å²) in [4.78, 5) is 26.1. The molecule has 5 aromatic carbocycles. The van der Waals surface area contributed by atoms with E-state index in [0.717, 1.165) is 46.5 Å². The standard InChI is InChI=1S/C45H48N2O6/c1-31-42(29-47(27-34-11-6-4-7-12-34)28-35-13-8-5-9-14-35)52-45(53-43(31)39-19-17-36(30-48)18-20-39)40-23-21-38(22-24-40)41-16-10-15-37(25-41)26-46-44(50)32(2)51-33(3)49/h4-25,31-32,42-43,45,48H,26-30H2,1-3H3,(H,46,50). The number of hydrogen-bond acceptors (Lipinski definition) is 7. The molecule has 1 heterocycles. The van der Waals surface area contributed by atoms with Crippen molar-refractivity contribution >= 4 is 11.9 Å². The first-order chi connectivity index (χ1) is 25.7. The molecule has 5 unspecified atom stereocenters. The van der Waals surface area contributed by atoms with E-state index >= 15 is 0 Å². The smallest absolute Gasteiger partial charge is 0.303 e. The SMILES string of the molecule is CC(=O)OC(C)C(=O)NCc1cccc(-c2ccc(C3OC(CN(Cc4ccccc4)Cc4ccccc4)C(C)C(c4ccc(CO)cc4)O3)cc2)c1. The Labute approximate surface area is 312 Å². The molecule has 1 aliphatic heterocycles. The van der Waals surface area contributed by atoms with Gasteiger partial charge in [-0.05, 0) is 51.9 Å². The molecule has 1 saturated heterocycles. The third kappa shape index (κ3) is 10.3. The van der Waals surface area contributed by atoms with Crippen LogP contribution in [0.4, 0.5) is 0 Å². The molecule has 0 spiro atoms. The number of aliphatic hydroxyl groups is 1. The molecule has 0 radical (unpaired) electrons. The van der Waals surface area contributed by atoms with Gasteiger partial charge in [0.2, 0.25) is 0 Å². The van der Waals surface area contributed by atoms with Gasteiger partial charge in [-0.2, -0.15) is 0 Å². The molecule has 0 aliphatic carbocycles. The second-order valence-corrected chi connectivity index (χ2v) is 13.8. The van der Waals surface area contributed by atoms with E-state index in [1.165, 1.54) is 18.1 Å². The fourth-order valence-corrected chi connectivity index (χ4v) is 6.78. The van der Waals surface area contributed by atoms with Crippen LogP contribution in [0.25, 0.3) is 11.1 Å². The van der Waals surface area contributed by atoms with Crippen LogP contribution < -0.4 is 5.32 Å². The fraction of sp³-hybridized carbons (Fsp3) is 0.289. The van der Waals surface area contributed by atoms with Crippen LogP contribution in [0.2, 0.25) is 0 Å². The summed E-state index contributed by atoms with van der Waals surface area (Å²) in [5, 5.41) is 12.5. The van der Waals surface area contributed by atoms with Crippen LogP contribution in [-0.2, 0) is 50.0 Å². The maximum Gasteiger partial charge on any atom is 0.303 e. The molecule has 0 aromatic heterocycles. The summed E-state index contributed by atoms with van der Waals surface area (Å²) in [6.07, 6.45) is -1.81. The lowest BCUT2D eigenvalue weighted by molar-refractivity contribution is -0.276. The van der Waals surface area contributed by atoms with Gasteiger partial charge in [0.15, 0.2) is 12.4 Å². The molecule has 8 nitrogen and oxygen atoms in total. The van der Waals surface area contributed by atoms with Gasteiger partial charge in [0, 0.05) is 44.6 Å². The lowest BCUT2D eigenvalue weighted by Gasteiger charge is -2.43. The van der Waals surface area contributed by atoms with Crippen LogP contribution in [0.15, 0.2) is 133 Å². The van der Waals surface area contributed by atoms with Crippen LogP contribution in [0.3, 0.4) is 0 Å². The summed E-state index contributed by atoms with van der Waals surface area (Å²) < 4.78 is 18.6. The molecule has 5 aromatic rings. The average Bonchev–Trinajstić information content (AvgIpc) is 3.18. The number of benzene rings is 5. The van der Waals surface area contributed by atoms with Gasteiger partial charge < -0.3 is 24.6 Å². The molecular formula is C45H48N2O6.